The van der Waals surface area contributed by atoms with Gasteiger partial charge in [0.25, 0.3) is 0 Å². The van der Waals surface area contributed by atoms with Crippen molar-refractivity contribution >= 4 is 17.7 Å². The zero-order valence-corrected chi connectivity index (χ0v) is 14.0. The second kappa shape index (κ2) is 9.04. The Morgan fingerprint density at radius 2 is 1.96 bits per heavy atom. The first-order chi connectivity index (χ1) is 11.2. The standard InChI is InChI=1S/C15H20N4O3S/c1-3-21-12-4-6-13(7-5-12)22-9-8-16-14(20)10-23-15-18-17-11-19(15)2/h4-7,11H,3,8-10H2,1-2H3,(H,16,20). The number of hydrogen-bond acceptors (Lipinski definition) is 6. The molecular formula is C15H20N4O3S. The van der Waals surface area contributed by atoms with E-state index in [4.69, 9.17) is 9.47 Å². The molecule has 1 aromatic heterocycles. The van der Waals surface area contributed by atoms with Gasteiger partial charge in [-0.1, -0.05) is 11.8 Å². The molecule has 0 aliphatic heterocycles. The Balaban J connectivity index is 1.61. The molecule has 2 aromatic rings. The molecule has 0 aliphatic rings. The summed E-state index contributed by atoms with van der Waals surface area (Å²) in [5.74, 6) is 1.80. The highest BCUT2D eigenvalue weighted by Crippen LogP contribution is 2.17. The summed E-state index contributed by atoms with van der Waals surface area (Å²) in [5, 5.41) is 11.2. The summed E-state index contributed by atoms with van der Waals surface area (Å²) >= 11 is 1.35. The van der Waals surface area contributed by atoms with Crippen LogP contribution in [0, 0.1) is 0 Å². The lowest BCUT2D eigenvalue weighted by Gasteiger charge is -2.08. The molecule has 0 saturated heterocycles. The maximum absolute atomic E-state index is 11.7. The average Bonchev–Trinajstić information content (AvgIpc) is 2.96. The summed E-state index contributed by atoms with van der Waals surface area (Å²) in [6.07, 6.45) is 1.60. The molecule has 0 fully saturated rings. The average molecular weight is 336 g/mol. The van der Waals surface area contributed by atoms with Gasteiger partial charge in [-0.3, -0.25) is 4.79 Å². The van der Waals surface area contributed by atoms with Gasteiger partial charge in [-0.15, -0.1) is 10.2 Å². The zero-order chi connectivity index (χ0) is 16.5. The second-order valence-electron chi connectivity index (χ2n) is 4.62. The lowest BCUT2D eigenvalue weighted by molar-refractivity contribution is -0.118. The molecule has 23 heavy (non-hydrogen) atoms. The summed E-state index contributed by atoms with van der Waals surface area (Å²) in [6.45, 7) is 3.44. The van der Waals surface area contributed by atoms with E-state index in [2.05, 4.69) is 15.5 Å². The molecule has 7 nitrogen and oxygen atoms in total. The van der Waals surface area contributed by atoms with E-state index in [0.717, 1.165) is 11.5 Å². The fraction of sp³-hybridized carbons (Fsp3) is 0.400. The summed E-state index contributed by atoms with van der Waals surface area (Å²) < 4.78 is 12.7. The van der Waals surface area contributed by atoms with Gasteiger partial charge < -0.3 is 19.4 Å². The number of carbonyl (C=O) groups is 1. The summed E-state index contributed by atoms with van der Waals surface area (Å²) in [5.41, 5.74) is 0. The minimum atomic E-state index is -0.0618. The number of amides is 1. The molecule has 1 aromatic carbocycles. The fourth-order valence-electron chi connectivity index (χ4n) is 1.74. The highest BCUT2D eigenvalue weighted by atomic mass is 32.2. The molecule has 1 N–H and O–H groups in total. The Labute approximate surface area is 139 Å². The van der Waals surface area contributed by atoms with Crippen LogP contribution in [0.5, 0.6) is 11.5 Å². The van der Waals surface area contributed by atoms with E-state index < -0.39 is 0 Å². The summed E-state index contributed by atoms with van der Waals surface area (Å²) in [7, 11) is 1.84. The SMILES string of the molecule is CCOc1ccc(OCCNC(=O)CSc2nncn2C)cc1. The van der Waals surface area contributed by atoms with Crippen LogP contribution in [-0.4, -0.2) is 46.2 Å². The van der Waals surface area contributed by atoms with Crippen LogP contribution in [0.15, 0.2) is 35.7 Å². The van der Waals surface area contributed by atoms with Gasteiger partial charge in [0.15, 0.2) is 5.16 Å². The first kappa shape index (κ1) is 17.1. The molecule has 8 heteroatoms. The Kier molecular flexibility index (Phi) is 6.74. The van der Waals surface area contributed by atoms with E-state index in [1.807, 2.05) is 38.2 Å². The van der Waals surface area contributed by atoms with Crippen LogP contribution in [0.1, 0.15) is 6.92 Å². The number of nitrogens with zero attached hydrogens (tertiary/aromatic N) is 3. The Bertz CT molecular complexity index is 615. The van der Waals surface area contributed by atoms with E-state index in [-0.39, 0.29) is 5.91 Å². The van der Waals surface area contributed by atoms with Gasteiger partial charge in [-0.05, 0) is 31.2 Å². The summed E-state index contributed by atoms with van der Waals surface area (Å²) in [4.78, 5) is 11.7. The lowest BCUT2D eigenvalue weighted by atomic mass is 10.3. The van der Waals surface area contributed by atoms with Crippen LogP contribution >= 0.6 is 11.8 Å². The Morgan fingerprint density at radius 1 is 1.26 bits per heavy atom. The zero-order valence-electron chi connectivity index (χ0n) is 13.2. The Hall–Kier alpha value is -2.22. The molecule has 0 unspecified atom stereocenters. The van der Waals surface area contributed by atoms with E-state index in [0.29, 0.717) is 30.7 Å². The largest absolute Gasteiger partial charge is 0.494 e. The molecule has 124 valence electrons. The van der Waals surface area contributed by atoms with Gasteiger partial charge in [0, 0.05) is 7.05 Å². The normalized spacial score (nSPS) is 10.3. The molecular weight excluding hydrogens is 316 g/mol. The highest BCUT2D eigenvalue weighted by Gasteiger charge is 2.06. The van der Waals surface area contributed by atoms with Crippen molar-refractivity contribution in [2.24, 2.45) is 7.05 Å². The van der Waals surface area contributed by atoms with Gasteiger partial charge in [0.2, 0.25) is 5.91 Å². The molecule has 0 radical (unpaired) electrons. The number of thioether (sulfide) groups is 1. The van der Waals surface area contributed by atoms with Crippen molar-refractivity contribution in [2.45, 2.75) is 12.1 Å². The molecule has 0 spiro atoms. The highest BCUT2D eigenvalue weighted by molar-refractivity contribution is 7.99. The molecule has 2 rings (SSSR count). The van der Waals surface area contributed by atoms with Crippen LogP contribution in [0.2, 0.25) is 0 Å². The van der Waals surface area contributed by atoms with Crippen LogP contribution in [0.3, 0.4) is 0 Å². The van der Waals surface area contributed by atoms with E-state index in [1.54, 1.807) is 10.9 Å². The third-order valence-corrected chi connectivity index (χ3v) is 3.86. The minimum Gasteiger partial charge on any atom is -0.494 e. The maximum Gasteiger partial charge on any atom is 0.230 e. The number of carbonyl (C=O) groups excluding carboxylic acids is 1. The maximum atomic E-state index is 11.7. The first-order valence-electron chi connectivity index (χ1n) is 7.28. The van der Waals surface area contributed by atoms with Crippen molar-refractivity contribution < 1.29 is 14.3 Å². The molecule has 0 atom stereocenters. The first-order valence-corrected chi connectivity index (χ1v) is 8.26. The molecule has 0 bridgehead atoms. The Morgan fingerprint density at radius 3 is 2.57 bits per heavy atom. The minimum absolute atomic E-state index is 0.0618. The third-order valence-electron chi connectivity index (χ3n) is 2.83. The van der Waals surface area contributed by atoms with Gasteiger partial charge >= 0.3 is 0 Å². The van der Waals surface area contributed by atoms with Crippen molar-refractivity contribution in [2.75, 3.05) is 25.5 Å². The number of benzene rings is 1. The quantitative estimate of drug-likeness (QED) is 0.552. The molecule has 0 aliphatic carbocycles. The van der Waals surface area contributed by atoms with Crippen molar-refractivity contribution in [1.82, 2.24) is 20.1 Å². The second-order valence-corrected chi connectivity index (χ2v) is 5.56. The van der Waals surface area contributed by atoms with Crippen molar-refractivity contribution in [3.63, 3.8) is 0 Å². The van der Waals surface area contributed by atoms with Crippen LogP contribution < -0.4 is 14.8 Å². The van der Waals surface area contributed by atoms with Crippen LogP contribution in [0.4, 0.5) is 0 Å². The fourth-order valence-corrected chi connectivity index (χ4v) is 2.46. The third kappa shape index (κ3) is 5.82. The monoisotopic (exact) mass is 336 g/mol. The van der Waals surface area contributed by atoms with Crippen LogP contribution in [-0.2, 0) is 11.8 Å². The van der Waals surface area contributed by atoms with E-state index in [9.17, 15) is 4.79 Å². The van der Waals surface area contributed by atoms with Gasteiger partial charge in [-0.25, -0.2) is 0 Å². The van der Waals surface area contributed by atoms with Crippen molar-refractivity contribution in [3.8, 4) is 11.5 Å². The molecule has 0 saturated carbocycles. The van der Waals surface area contributed by atoms with Gasteiger partial charge in [-0.2, -0.15) is 0 Å². The number of nitrogens with one attached hydrogen (secondary N) is 1. The van der Waals surface area contributed by atoms with Gasteiger partial charge in [0.05, 0.1) is 18.9 Å². The number of rotatable bonds is 9. The van der Waals surface area contributed by atoms with E-state index >= 15 is 0 Å². The van der Waals surface area contributed by atoms with Crippen molar-refractivity contribution in [1.29, 1.82) is 0 Å². The molecule has 1 amide bonds. The van der Waals surface area contributed by atoms with E-state index in [1.165, 1.54) is 11.8 Å². The number of aryl methyl sites for hydroxylation is 1. The number of hydrogen-bond donors (Lipinski definition) is 1. The van der Waals surface area contributed by atoms with Gasteiger partial charge in [0.1, 0.15) is 24.4 Å². The predicted octanol–water partition coefficient (Wildman–Crippen LogP) is 1.50. The predicted molar refractivity (Wildman–Crippen MR) is 87.8 cm³/mol. The number of ether oxygens (including phenoxy) is 2. The topological polar surface area (TPSA) is 78.3 Å². The smallest absolute Gasteiger partial charge is 0.230 e. The number of aromatic nitrogens is 3. The summed E-state index contributed by atoms with van der Waals surface area (Å²) in [6, 6.07) is 7.40. The van der Waals surface area contributed by atoms with Crippen molar-refractivity contribution in [3.05, 3.63) is 30.6 Å². The van der Waals surface area contributed by atoms with Crippen LogP contribution in [0.25, 0.3) is 0 Å². The molecule has 1 heterocycles. The lowest BCUT2D eigenvalue weighted by Crippen LogP contribution is -2.29.